The predicted octanol–water partition coefficient (Wildman–Crippen LogP) is 1.16. The standard InChI is InChI=1S/C15H17NO6/c1-9(17)3-8-13(15(20)21)16-14(19)11-4-6-12(7-5-11)22-10(2)18/h4-7,13H,3,8H2,1-2H3,(H,16,19)(H,20,21)/t13-/m1/s1. The van der Waals surface area contributed by atoms with Crippen molar-refractivity contribution < 1.29 is 29.0 Å². The molecule has 1 aromatic rings. The number of rotatable bonds is 7. The number of aliphatic carboxylic acids is 1. The minimum atomic E-state index is -1.20. The Morgan fingerprint density at radius 2 is 1.73 bits per heavy atom. The van der Waals surface area contributed by atoms with E-state index in [0.29, 0.717) is 0 Å². The molecule has 1 rings (SSSR count). The highest BCUT2D eigenvalue weighted by atomic mass is 16.5. The second-order valence-corrected chi connectivity index (χ2v) is 4.72. The number of ketones is 1. The van der Waals surface area contributed by atoms with Gasteiger partial charge in [0.2, 0.25) is 0 Å². The summed E-state index contributed by atoms with van der Waals surface area (Å²) in [5.74, 6) is -2.12. The van der Waals surface area contributed by atoms with E-state index in [1.54, 1.807) is 0 Å². The Labute approximate surface area is 127 Å². The maximum absolute atomic E-state index is 12.0. The number of hydrogen-bond donors (Lipinski definition) is 2. The molecule has 0 saturated heterocycles. The second kappa shape index (κ2) is 7.92. The van der Waals surface area contributed by atoms with Gasteiger partial charge in [-0.05, 0) is 37.6 Å². The number of hydrogen-bond acceptors (Lipinski definition) is 5. The van der Waals surface area contributed by atoms with Crippen LogP contribution in [0.1, 0.15) is 37.0 Å². The second-order valence-electron chi connectivity index (χ2n) is 4.72. The molecule has 0 bridgehead atoms. The van der Waals surface area contributed by atoms with Crippen molar-refractivity contribution in [2.45, 2.75) is 32.7 Å². The maximum atomic E-state index is 12.0. The molecule has 0 fully saturated rings. The fourth-order valence-electron chi connectivity index (χ4n) is 1.69. The third-order valence-corrected chi connectivity index (χ3v) is 2.77. The molecule has 0 unspecified atom stereocenters. The molecule has 0 aliphatic heterocycles. The Morgan fingerprint density at radius 1 is 1.14 bits per heavy atom. The Kier molecular flexibility index (Phi) is 6.25. The van der Waals surface area contributed by atoms with Crippen LogP contribution in [0, 0.1) is 0 Å². The van der Waals surface area contributed by atoms with Crippen LogP contribution in [-0.2, 0) is 14.4 Å². The molecule has 0 heterocycles. The molecule has 0 aliphatic carbocycles. The van der Waals surface area contributed by atoms with Gasteiger partial charge in [0.05, 0.1) is 0 Å². The lowest BCUT2D eigenvalue weighted by Gasteiger charge is -2.14. The van der Waals surface area contributed by atoms with Crippen LogP contribution in [0.25, 0.3) is 0 Å². The van der Waals surface area contributed by atoms with E-state index in [2.05, 4.69) is 5.32 Å². The van der Waals surface area contributed by atoms with E-state index in [1.165, 1.54) is 38.1 Å². The lowest BCUT2D eigenvalue weighted by atomic mass is 10.1. The summed E-state index contributed by atoms with van der Waals surface area (Å²) < 4.78 is 4.83. The molecular formula is C15H17NO6. The highest BCUT2D eigenvalue weighted by Gasteiger charge is 2.21. The summed E-state index contributed by atoms with van der Waals surface area (Å²) in [6.07, 6.45) is 0.102. The number of carboxylic acids is 1. The van der Waals surface area contributed by atoms with Crippen LogP contribution in [0.15, 0.2) is 24.3 Å². The van der Waals surface area contributed by atoms with Gasteiger partial charge in [0.25, 0.3) is 5.91 Å². The maximum Gasteiger partial charge on any atom is 0.326 e. The highest BCUT2D eigenvalue weighted by molar-refractivity contribution is 5.96. The number of ether oxygens (including phenoxy) is 1. The largest absolute Gasteiger partial charge is 0.480 e. The lowest BCUT2D eigenvalue weighted by Crippen LogP contribution is -2.41. The Morgan fingerprint density at radius 3 is 2.18 bits per heavy atom. The first kappa shape index (κ1) is 17.4. The minimum absolute atomic E-state index is 0.0297. The van der Waals surface area contributed by atoms with Gasteiger partial charge in [0, 0.05) is 18.9 Å². The van der Waals surface area contributed by atoms with Gasteiger partial charge in [-0.3, -0.25) is 9.59 Å². The van der Waals surface area contributed by atoms with Crippen molar-refractivity contribution >= 4 is 23.6 Å². The van der Waals surface area contributed by atoms with Gasteiger partial charge in [-0.2, -0.15) is 0 Å². The highest BCUT2D eigenvalue weighted by Crippen LogP contribution is 2.12. The van der Waals surface area contributed by atoms with E-state index in [1.807, 2.05) is 0 Å². The number of amides is 1. The van der Waals surface area contributed by atoms with E-state index in [9.17, 15) is 19.2 Å². The summed E-state index contributed by atoms with van der Waals surface area (Å²) in [5.41, 5.74) is 0.227. The van der Waals surface area contributed by atoms with Crippen LogP contribution in [0.3, 0.4) is 0 Å². The predicted molar refractivity (Wildman–Crippen MR) is 76.6 cm³/mol. The van der Waals surface area contributed by atoms with Gasteiger partial charge in [-0.25, -0.2) is 4.79 Å². The molecule has 22 heavy (non-hydrogen) atoms. The smallest absolute Gasteiger partial charge is 0.326 e. The van der Waals surface area contributed by atoms with Crippen molar-refractivity contribution in [3.63, 3.8) is 0 Å². The number of carbonyl (C=O) groups excluding carboxylic acids is 3. The number of esters is 1. The van der Waals surface area contributed by atoms with E-state index in [4.69, 9.17) is 9.84 Å². The Hall–Kier alpha value is -2.70. The van der Waals surface area contributed by atoms with Crippen LogP contribution >= 0.6 is 0 Å². The first-order valence-electron chi connectivity index (χ1n) is 6.61. The summed E-state index contributed by atoms with van der Waals surface area (Å²) >= 11 is 0. The molecule has 1 atom stereocenters. The van der Waals surface area contributed by atoms with Crippen LogP contribution in [0.5, 0.6) is 5.75 Å². The van der Waals surface area contributed by atoms with Gasteiger partial charge in [-0.1, -0.05) is 0 Å². The van der Waals surface area contributed by atoms with Gasteiger partial charge in [-0.15, -0.1) is 0 Å². The average Bonchev–Trinajstić information content (AvgIpc) is 2.42. The van der Waals surface area contributed by atoms with E-state index < -0.39 is 23.9 Å². The zero-order valence-corrected chi connectivity index (χ0v) is 12.3. The van der Waals surface area contributed by atoms with E-state index in [-0.39, 0.29) is 29.9 Å². The number of nitrogens with one attached hydrogen (secondary N) is 1. The van der Waals surface area contributed by atoms with Crippen LogP contribution in [0.2, 0.25) is 0 Å². The first-order valence-corrected chi connectivity index (χ1v) is 6.61. The fourth-order valence-corrected chi connectivity index (χ4v) is 1.69. The summed E-state index contributed by atoms with van der Waals surface area (Å²) in [7, 11) is 0. The molecule has 0 spiro atoms. The van der Waals surface area contributed by atoms with Crippen molar-refractivity contribution in [2.24, 2.45) is 0 Å². The van der Waals surface area contributed by atoms with Crippen LogP contribution in [0.4, 0.5) is 0 Å². The van der Waals surface area contributed by atoms with Crippen molar-refractivity contribution in [3.05, 3.63) is 29.8 Å². The number of benzene rings is 1. The van der Waals surface area contributed by atoms with Crippen molar-refractivity contribution in [1.29, 1.82) is 0 Å². The van der Waals surface area contributed by atoms with Crippen LogP contribution in [-0.4, -0.2) is 34.8 Å². The summed E-state index contributed by atoms with van der Waals surface area (Å²) in [6.45, 7) is 2.61. The first-order chi connectivity index (χ1) is 10.3. The molecule has 0 aliphatic rings. The molecular weight excluding hydrogens is 290 g/mol. The lowest BCUT2D eigenvalue weighted by molar-refractivity contribution is -0.139. The number of Topliss-reactive ketones (excluding diaryl/α,β-unsaturated/α-hetero) is 1. The third-order valence-electron chi connectivity index (χ3n) is 2.77. The molecule has 118 valence electrons. The molecule has 0 saturated carbocycles. The monoisotopic (exact) mass is 307 g/mol. The van der Waals surface area contributed by atoms with Gasteiger partial charge in [0.1, 0.15) is 17.6 Å². The minimum Gasteiger partial charge on any atom is -0.480 e. The van der Waals surface area contributed by atoms with Crippen molar-refractivity contribution in [1.82, 2.24) is 5.32 Å². The molecule has 1 amide bonds. The SMILES string of the molecule is CC(=O)CC[C@@H](NC(=O)c1ccc(OC(C)=O)cc1)C(=O)O. The van der Waals surface area contributed by atoms with Gasteiger partial charge in [0.15, 0.2) is 0 Å². The molecule has 1 aromatic carbocycles. The van der Waals surface area contributed by atoms with Crippen molar-refractivity contribution in [3.8, 4) is 5.75 Å². The van der Waals surface area contributed by atoms with E-state index in [0.717, 1.165) is 0 Å². The van der Waals surface area contributed by atoms with Crippen LogP contribution < -0.4 is 10.1 Å². The molecule has 2 N–H and O–H groups in total. The van der Waals surface area contributed by atoms with Crippen molar-refractivity contribution in [2.75, 3.05) is 0 Å². The molecule has 7 nitrogen and oxygen atoms in total. The van der Waals surface area contributed by atoms with Gasteiger partial charge < -0.3 is 20.0 Å². The third kappa shape index (κ3) is 5.74. The quantitative estimate of drug-likeness (QED) is 0.578. The summed E-state index contributed by atoms with van der Waals surface area (Å²) in [6, 6.07) is 4.56. The van der Waals surface area contributed by atoms with Gasteiger partial charge >= 0.3 is 11.9 Å². The molecule has 0 aromatic heterocycles. The summed E-state index contributed by atoms with van der Waals surface area (Å²) in [4.78, 5) is 44.7. The molecule has 0 radical (unpaired) electrons. The zero-order chi connectivity index (χ0) is 16.7. The Balaban J connectivity index is 2.71. The number of carboxylic acid groups (broad SMARTS) is 1. The number of carbonyl (C=O) groups is 4. The molecule has 7 heteroatoms. The topological polar surface area (TPSA) is 110 Å². The van der Waals surface area contributed by atoms with E-state index >= 15 is 0 Å². The normalized spacial score (nSPS) is 11.4. The summed E-state index contributed by atoms with van der Waals surface area (Å²) in [5, 5.41) is 11.4. The zero-order valence-electron chi connectivity index (χ0n) is 12.3. The average molecular weight is 307 g/mol. The Bertz CT molecular complexity index is 578. The fraction of sp³-hybridized carbons (Fsp3) is 0.333.